The summed E-state index contributed by atoms with van der Waals surface area (Å²) >= 11 is 3.35. The summed E-state index contributed by atoms with van der Waals surface area (Å²) in [5.41, 5.74) is 1.07. The standard InChI is InChI=1S/C16H16BrN3O4/c1-10(18-12-5-3-11(17)4-6-12)16(21)19-14-8-7-13(20(22)23)9-15(14)24-2/h3-10,18H,1-2H3,(H,19,21)/t10-/m0/s1. The Balaban J connectivity index is 2.08. The first-order chi connectivity index (χ1) is 11.4. The zero-order valence-corrected chi connectivity index (χ0v) is 14.7. The van der Waals surface area contributed by atoms with E-state index in [4.69, 9.17) is 4.74 Å². The van der Waals surface area contributed by atoms with Gasteiger partial charge in [-0.15, -0.1) is 0 Å². The number of hydrogen-bond donors (Lipinski definition) is 2. The van der Waals surface area contributed by atoms with Crippen LogP contribution in [0.2, 0.25) is 0 Å². The highest BCUT2D eigenvalue weighted by Crippen LogP contribution is 2.29. The maximum absolute atomic E-state index is 12.3. The zero-order valence-electron chi connectivity index (χ0n) is 13.1. The number of halogens is 1. The molecule has 126 valence electrons. The summed E-state index contributed by atoms with van der Waals surface area (Å²) in [6.07, 6.45) is 0. The maximum Gasteiger partial charge on any atom is 0.273 e. The van der Waals surface area contributed by atoms with Gasteiger partial charge >= 0.3 is 0 Å². The largest absolute Gasteiger partial charge is 0.494 e. The van der Waals surface area contributed by atoms with Crippen molar-refractivity contribution in [3.63, 3.8) is 0 Å². The predicted molar refractivity (Wildman–Crippen MR) is 95.5 cm³/mol. The fourth-order valence-electron chi connectivity index (χ4n) is 2.00. The van der Waals surface area contributed by atoms with Gasteiger partial charge in [0.1, 0.15) is 11.8 Å². The Morgan fingerprint density at radius 1 is 1.25 bits per heavy atom. The molecule has 0 heterocycles. The minimum Gasteiger partial charge on any atom is -0.494 e. The number of benzene rings is 2. The van der Waals surface area contributed by atoms with Crippen LogP contribution in [-0.4, -0.2) is 24.0 Å². The van der Waals surface area contributed by atoms with E-state index in [0.717, 1.165) is 10.2 Å². The van der Waals surface area contributed by atoms with Crippen LogP contribution in [0.25, 0.3) is 0 Å². The number of ether oxygens (including phenoxy) is 1. The van der Waals surface area contributed by atoms with Crippen molar-refractivity contribution in [2.45, 2.75) is 13.0 Å². The van der Waals surface area contributed by atoms with Crippen molar-refractivity contribution in [2.24, 2.45) is 0 Å². The van der Waals surface area contributed by atoms with E-state index in [-0.39, 0.29) is 17.3 Å². The number of nitro groups is 1. The number of nitro benzene ring substituents is 1. The lowest BCUT2D eigenvalue weighted by atomic mass is 10.2. The second-order valence-electron chi connectivity index (χ2n) is 5.00. The van der Waals surface area contributed by atoms with Gasteiger partial charge in [-0.05, 0) is 37.3 Å². The smallest absolute Gasteiger partial charge is 0.273 e. The number of carbonyl (C=O) groups excluding carboxylic acids is 1. The fourth-order valence-corrected chi connectivity index (χ4v) is 2.26. The van der Waals surface area contributed by atoms with Crippen LogP contribution >= 0.6 is 15.9 Å². The van der Waals surface area contributed by atoms with Crippen LogP contribution in [0.15, 0.2) is 46.9 Å². The number of amides is 1. The maximum atomic E-state index is 12.3. The Hall–Kier alpha value is -2.61. The van der Waals surface area contributed by atoms with E-state index >= 15 is 0 Å². The number of nitrogens with zero attached hydrogens (tertiary/aromatic N) is 1. The minimum absolute atomic E-state index is 0.106. The van der Waals surface area contributed by atoms with E-state index in [9.17, 15) is 14.9 Å². The normalized spacial score (nSPS) is 11.5. The van der Waals surface area contributed by atoms with Crippen LogP contribution in [0, 0.1) is 10.1 Å². The molecule has 1 amide bonds. The van der Waals surface area contributed by atoms with Crippen LogP contribution in [0.4, 0.5) is 17.1 Å². The zero-order chi connectivity index (χ0) is 17.7. The van der Waals surface area contributed by atoms with Gasteiger partial charge in [-0.25, -0.2) is 0 Å². The summed E-state index contributed by atoms with van der Waals surface area (Å²) in [7, 11) is 1.39. The lowest BCUT2D eigenvalue weighted by Gasteiger charge is -2.16. The number of methoxy groups -OCH3 is 1. The molecule has 0 saturated heterocycles. The van der Waals surface area contributed by atoms with Gasteiger partial charge in [0.25, 0.3) is 5.69 Å². The molecule has 0 spiro atoms. The fraction of sp³-hybridized carbons (Fsp3) is 0.188. The first-order valence-corrected chi connectivity index (χ1v) is 7.85. The summed E-state index contributed by atoms with van der Waals surface area (Å²) in [5.74, 6) is -0.0570. The van der Waals surface area contributed by atoms with E-state index in [0.29, 0.717) is 5.69 Å². The molecule has 0 aliphatic carbocycles. The van der Waals surface area contributed by atoms with Crippen molar-refractivity contribution >= 4 is 38.9 Å². The van der Waals surface area contributed by atoms with Gasteiger partial charge in [-0.3, -0.25) is 14.9 Å². The molecule has 0 saturated carbocycles. The number of rotatable bonds is 6. The molecule has 8 heteroatoms. The number of carbonyl (C=O) groups is 1. The monoisotopic (exact) mass is 393 g/mol. The highest BCUT2D eigenvalue weighted by molar-refractivity contribution is 9.10. The molecule has 0 aromatic heterocycles. The Morgan fingerprint density at radius 3 is 2.50 bits per heavy atom. The summed E-state index contributed by atoms with van der Waals surface area (Å²) in [5, 5.41) is 16.6. The van der Waals surface area contributed by atoms with Crippen molar-refractivity contribution in [1.29, 1.82) is 0 Å². The quantitative estimate of drug-likeness (QED) is 0.574. The first-order valence-electron chi connectivity index (χ1n) is 7.06. The highest BCUT2D eigenvalue weighted by atomic mass is 79.9. The SMILES string of the molecule is COc1cc([N+](=O)[O-])ccc1NC(=O)[C@H](C)Nc1ccc(Br)cc1. The number of anilines is 2. The lowest BCUT2D eigenvalue weighted by molar-refractivity contribution is -0.384. The van der Waals surface area contributed by atoms with Crippen LogP contribution in [-0.2, 0) is 4.79 Å². The average Bonchev–Trinajstić information content (AvgIpc) is 2.56. The predicted octanol–water partition coefficient (Wildman–Crippen LogP) is 3.81. The summed E-state index contributed by atoms with van der Waals surface area (Å²) in [4.78, 5) is 22.6. The van der Waals surface area contributed by atoms with Gasteiger partial charge in [-0.1, -0.05) is 15.9 Å². The second-order valence-corrected chi connectivity index (χ2v) is 5.92. The molecule has 0 unspecified atom stereocenters. The van der Waals surface area contributed by atoms with Gasteiger partial charge < -0.3 is 15.4 Å². The van der Waals surface area contributed by atoms with E-state index in [1.54, 1.807) is 6.92 Å². The highest BCUT2D eigenvalue weighted by Gasteiger charge is 2.17. The van der Waals surface area contributed by atoms with Gasteiger partial charge in [0, 0.05) is 16.2 Å². The number of hydrogen-bond acceptors (Lipinski definition) is 5. The molecule has 24 heavy (non-hydrogen) atoms. The van der Waals surface area contributed by atoms with Crippen molar-refractivity contribution in [1.82, 2.24) is 0 Å². The molecular formula is C16H16BrN3O4. The van der Waals surface area contributed by atoms with E-state index < -0.39 is 11.0 Å². The Kier molecular flexibility index (Phi) is 5.75. The Bertz CT molecular complexity index is 749. The Morgan fingerprint density at radius 2 is 1.92 bits per heavy atom. The second kappa shape index (κ2) is 7.78. The number of non-ortho nitro benzene ring substituents is 1. The van der Waals surface area contributed by atoms with Crippen molar-refractivity contribution in [2.75, 3.05) is 17.7 Å². The lowest BCUT2D eigenvalue weighted by Crippen LogP contribution is -2.32. The topological polar surface area (TPSA) is 93.5 Å². The van der Waals surface area contributed by atoms with E-state index in [2.05, 4.69) is 26.6 Å². The molecule has 2 rings (SSSR count). The third-order valence-electron chi connectivity index (χ3n) is 3.27. The molecule has 0 aliphatic rings. The third kappa shape index (κ3) is 4.45. The summed E-state index contributed by atoms with van der Waals surface area (Å²) in [6, 6.07) is 10.9. The molecule has 1 atom stereocenters. The minimum atomic E-state index is -0.522. The third-order valence-corrected chi connectivity index (χ3v) is 3.80. The molecule has 7 nitrogen and oxygen atoms in total. The molecule has 2 aromatic carbocycles. The van der Waals surface area contributed by atoms with Gasteiger partial charge in [0.15, 0.2) is 0 Å². The molecule has 0 radical (unpaired) electrons. The van der Waals surface area contributed by atoms with Gasteiger partial charge in [0.2, 0.25) is 5.91 Å². The van der Waals surface area contributed by atoms with Crippen molar-refractivity contribution in [3.8, 4) is 5.75 Å². The van der Waals surface area contributed by atoms with Crippen LogP contribution in [0.1, 0.15) is 6.92 Å². The summed E-state index contributed by atoms with van der Waals surface area (Å²) < 4.78 is 6.05. The van der Waals surface area contributed by atoms with Gasteiger partial charge in [0.05, 0.1) is 23.8 Å². The Labute approximate surface area is 147 Å². The van der Waals surface area contributed by atoms with Crippen molar-refractivity contribution < 1.29 is 14.5 Å². The molecule has 0 fully saturated rings. The van der Waals surface area contributed by atoms with E-state index in [1.807, 2.05) is 24.3 Å². The van der Waals surface area contributed by atoms with Crippen LogP contribution in [0.3, 0.4) is 0 Å². The average molecular weight is 394 g/mol. The first kappa shape index (κ1) is 17.7. The van der Waals surface area contributed by atoms with E-state index in [1.165, 1.54) is 25.3 Å². The van der Waals surface area contributed by atoms with Gasteiger partial charge in [-0.2, -0.15) is 0 Å². The molecule has 0 aliphatic heterocycles. The van der Waals surface area contributed by atoms with Crippen LogP contribution in [0.5, 0.6) is 5.75 Å². The molecule has 2 aromatic rings. The molecular weight excluding hydrogens is 378 g/mol. The van der Waals surface area contributed by atoms with Crippen LogP contribution < -0.4 is 15.4 Å². The molecule has 2 N–H and O–H groups in total. The molecule has 0 bridgehead atoms. The van der Waals surface area contributed by atoms with Crippen molar-refractivity contribution in [3.05, 3.63) is 57.1 Å². The number of nitrogens with one attached hydrogen (secondary N) is 2. The summed E-state index contributed by atoms with van der Waals surface area (Å²) in [6.45, 7) is 1.72.